The monoisotopic (exact) mass is 295 g/mol. The van der Waals surface area contributed by atoms with Crippen LogP contribution in [0.4, 0.5) is 4.39 Å². The van der Waals surface area contributed by atoms with Crippen LogP contribution in [0.5, 0.6) is 0 Å². The van der Waals surface area contributed by atoms with E-state index in [-0.39, 0.29) is 22.6 Å². The van der Waals surface area contributed by atoms with Crippen molar-refractivity contribution in [3.8, 4) is 0 Å². The highest BCUT2D eigenvalue weighted by Gasteiger charge is 2.24. The van der Waals surface area contributed by atoms with Gasteiger partial charge in [0.2, 0.25) is 5.91 Å². The van der Waals surface area contributed by atoms with Gasteiger partial charge in [0.05, 0.1) is 5.92 Å². The molecule has 0 aromatic heterocycles. The number of benzene rings is 1. The second-order valence-corrected chi connectivity index (χ2v) is 5.59. The predicted octanol–water partition coefficient (Wildman–Crippen LogP) is 1.16. The fourth-order valence-electron chi connectivity index (χ4n) is 2.52. The number of carbonyl (C=O) groups excluding carboxylic acids is 1. The first-order chi connectivity index (χ1) is 9.47. The maximum Gasteiger partial charge on any atom is 0.221 e. The number of thiocarbonyl (C=S) groups is 1. The average Bonchev–Trinajstić information content (AvgIpc) is 2.41. The standard InChI is InChI=1S/C14H18FN3OS/c15-12-4-3-9(14(17)20)6-11(12)8-18-5-1-2-10(7-18)13(16)19/h3-4,6,10H,1-2,5,7-8H2,(H2,16,19)(H2,17,20). The number of rotatable bonds is 4. The molecule has 4 nitrogen and oxygen atoms in total. The lowest BCUT2D eigenvalue weighted by Crippen LogP contribution is -2.40. The Hall–Kier alpha value is -1.53. The van der Waals surface area contributed by atoms with Gasteiger partial charge in [0.25, 0.3) is 0 Å². The van der Waals surface area contributed by atoms with Crippen LogP contribution in [0.2, 0.25) is 0 Å². The summed E-state index contributed by atoms with van der Waals surface area (Å²) in [5, 5.41) is 0. The molecule has 2 rings (SSSR count). The van der Waals surface area contributed by atoms with Crippen LogP contribution in [0.3, 0.4) is 0 Å². The van der Waals surface area contributed by atoms with Gasteiger partial charge < -0.3 is 11.5 Å². The Kier molecular flexibility index (Phi) is 4.67. The zero-order valence-corrected chi connectivity index (χ0v) is 12.0. The van der Waals surface area contributed by atoms with Crippen molar-refractivity contribution in [3.63, 3.8) is 0 Å². The first-order valence-corrected chi connectivity index (χ1v) is 6.98. The minimum absolute atomic E-state index is 0.148. The molecule has 1 heterocycles. The third kappa shape index (κ3) is 3.52. The third-order valence-corrected chi connectivity index (χ3v) is 3.87. The van der Waals surface area contributed by atoms with Crippen LogP contribution < -0.4 is 11.5 Å². The number of nitrogens with zero attached hydrogens (tertiary/aromatic N) is 1. The van der Waals surface area contributed by atoms with Gasteiger partial charge in [-0.05, 0) is 37.6 Å². The van der Waals surface area contributed by atoms with Crippen molar-refractivity contribution in [2.45, 2.75) is 19.4 Å². The molecule has 108 valence electrons. The van der Waals surface area contributed by atoms with Crippen LogP contribution in [0.15, 0.2) is 18.2 Å². The molecular formula is C14H18FN3OS. The molecule has 1 fully saturated rings. The number of hydrogen-bond acceptors (Lipinski definition) is 3. The largest absolute Gasteiger partial charge is 0.389 e. The van der Waals surface area contributed by atoms with E-state index >= 15 is 0 Å². The van der Waals surface area contributed by atoms with Crippen LogP contribution in [0.25, 0.3) is 0 Å². The van der Waals surface area contributed by atoms with Crippen LogP contribution >= 0.6 is 12.2 Å². The number of nitrogens with two attached hydrogens (primary N) is 2. The minimum atomic E-state index is -0.286. The normalized spacial score (nSPS) is 19.8. The number of primary amides is 1. The summed E-state index contributed by atoms with van der Waals surface area (Å²) in [5.41, 5.74) is 12.1. The van der Waals surface area contributed by atoms with Gasteiger partial charge in [0.15, 0.2) is 0 Å². The fraction of sp³-hybridized carbons (Fsp3) is 0.429. The van der Waals surface area contributed by atoms with Crippen LogP contribution in [-0.2, 0) is 11.3 Å². The molecule has 1 atom stereocenters. The van der Waals surface area contributed by atoms with E-state index < -0.39 is 0 Å². The van der Waals surface area contributed by atoms with Crippen molar-refractivity contribution in [2.24, 2.45) is 17.4 Å². The quantitative estimate of drug-likeness (QED) is 0.818. The summed E-state index contributed by atoms with van der Waals surface area (Å²) in [6.07, 6.45) is 1.70. The number of amides is 1. The molecule has 1 aliphatic heterocycles. The lowest BCUT2D eigenvalue weighted by atomic mass is 9.97. The maximum atomic E-state index is 13.8. The van der Waals surface area contributed by atoms with E-state index in [4.69, 9.17) is 23.7 Å². The summed E-state index contributed by atoms with van der Waals surface area (Å²) in [6.45, 7) is 1.85. The van der Waals surface area contributed by atoms with E-state index in [0.29, 0.717) is 24.2 Å². The van der Waals surface area contributed by atoms with Crippen molar-refractivity contribution < 1.29 is 9.18 Å². The smallest absolute Gasteiger partial charge is 0.221 e. The van der Waals surface area contributed by atoms with Crippen LogP contribution in [0.1, 0.15) is 24.0 Å². The highest BCUT2D eigenvalue weighted by atomic mass is 32.1. The topological polar surface area (TPSA) is 72.4 Å². The highest BCUT2D eigenvalue weighted by Crippen LogP contribution is 2.20. The van der Waals surface area contributed by atoms with Gasteiger partial charge >= 0.3 is 0 Å². The van der Waals surface area contributed by atoms with Gasteiger partial charge in [-0.2, -0.15) is 0 Å². The molecule has 1 amide bonds. The second-order valence-electron chi connectivity index (χ2n) is 5.15. The molecule has 1 saturated heterocycles. The Morgan fingerprint density at radius 2 is 2.20 bits per heavy atom. The molecule has 1 unspecified atom stereocenters. The number of carbonyl (C=O) groups is 1. The van der Waals surface area contributed by atoms with E-state index in [1.54, 1.807) is 12.1 Å². The van der Waals surface area contributed by atoms with E-state index in [1.807, 2.05) is 4.90 Å². The Morgan fingerprint density at radius 1 is 1.45 bits per heavy atom. The maximum absolute atomic E-state index is 13.8. The van der Waals surface area contributed by atoms with Crippen molar-refractivity contribution >= 4 is 23.1 Å². The molecule has 0 aliphatic carbocycles. The van der Waals surface area contributed by atoms with Crippen LogP contribution in [-0.4, -0.2) is 28.9 Å². The lowest BCUT2D eigenvalue weighted by Gasteiger charge is -2.31. The summed E-state index contributed by atoms with van der Waals surface area (Å²) in [7, 11) is 0. The summed E-state index contributed by atoms with van der Waals surface area (Å²) < 4.78 is 13.8. The molecule has 0 bridgehead atoms. The molecule has 1 aliphatic rings. The summed E-state index contributed by atoms with van der Waals surface area (Å²) >= 11 is 4.90. The Balaban J connectivity index is 2.11. The third-order valence-electron chi connectivity index (χ3n) is 3.63. The van der Waals surface area contributed by atoms with Gasteiger partial charge in [-0.25, -0.2) is 4.39 Å². The van der Waals surface area contributed by atoms with Crippen molar-refractivity contribution in [1.29, 1.82) is 0 Å². The second kappa shape index (κ2) is 6.28. The first kappa shape index (κ1) is 14.9. The van der Waals surface area contributed by atoms with Gasteiger partial charge in [-0.15, -0.1) is 0 Å². The molecule has 1 aromatic carbocycles. The molecule has 0 saturated carbocycles. The van der Waals surface area contributed by atoms with Gasteiger partial charge in [0, 0.05) is 24.2 Å². The van der Waals surface area contributed by atoms with E-state index in [0.717, 1.165) is 19.4 Å². The molecular weight excluding hydrogens is 277 g/mol. The van der Waals surface area contributed by atoms with Crippen molar-refractivity contribution in [2.75, 3.05) is 13.1 Å². The number of likely N-dealkylation sites (tertiary alicyclic amines) is 1. The predicted molar refractivity (Wildman–Crippen MR) is 79.5 cm³/mol. The Morgan fingerprint density at radius 3 is 2.85 bits per heavy atom. The van der Waals surface area contributed by atoms with Gasteiger partial charge in [-0.3, -0.25) is 9.69 Å². The molecule has 0 spiro atoms. The lowest BCUT2D eigenvalue weighted by molar-refractivity contribution is -0.123. The van der Waals surface area contributed by atoms with Crippen LogP contribution in [0, 0.1) is 11.7 Å². The van der Waals surface area contributed by atoms with E-state index in [2.05, 4.69) is 0 Å². The molecule has 0 radical (unpaired) electrons. The zero-order valence-electron chi connectivity index (χ0n) is 11.1. The summed E-state index contributed by atoms with van der Waals surface area (Å²) in [4.78, 5) is 13.5. The summed E-state index contributed by atoms with van der Waals surface area (Å²) in [6, 6.07) is 4.62. The number of hydrogen-bond donors (Lipinski definition) is 2. The van der Waals surface area contributed by atoms with Crippen molar-refractivity contribution in [3.05, 3.63) is 35.1 Å². The van der Waals surface area contributed by atoms with Gasteiger partial charge in [0.1, 0.15) is 10.8 Å². The number of halogens is 1. The van der Waals surface area contributed by atoms with Crippen molar-refractivity contribution in [1.82, 2.24) is 4.90 Å². The Labute approximate surface area is 122 Å². The Bertz CT molecular complexity index is 535. The minimum Gasteiger partial charge on any atom is -0.389 e. The SMILES string of the molecule is NC(=O)C1CCCN(Cc2cc(C(N)=S)ccc2F)C1. The molecule has 4 N–H and O–H groups in total. The van der Waals surface area contributed by atoms with Gasteiger partial charge in [-0.1, -0.05) is 12.2 Å². The zero-order chi connectivity index (χ0) is 14.7. The average molecular weight is 295 g/mol. The molecule has 1 aromatic rings. The van der Waals surface area contributed by atoms with E-state index in [9.17, 15) is 9.18 Å². The molecule has 20 heavy (non-hydrogen) atoms. The summed E-state index contributed by atoms with van der Waals surface area (Å²) in [5.74, 6) is -0.719. The molecule has 6 heteroatoms. The number of piperidine rings is 1. The highest BCUT2D eigenvalue weighted by molar-refractivity contribution is 7.80. The first-order valence-electron chi connectivity index (χ1n) is 6.57. The fourth-order valence-corrected chi connectivity index (χ4v) is 2.65. The van der Waals surface area contributed by atoms with E-state index in [1.165, 1.54) is 6.07 Å².